The molecule has 0 heterocycles. The minimum absolute atomic E-state index is 0.433. The van der Waals surface area contributed by atoms with Gasteiger partial charge in [-0.15, -0.1) is 0 Å². The fourth-order valence-corrected chi connectivity index (χ4v) is 0.473. The summed E-state index contributed by atoms with van der Waals surface area (Å²) >= 11 is 0. The molecule has 0 aromatic heterocycles. The second kappa shape index (κ2) is 7.87. The normalized spacial score (nSPS) is 13.3. The van der Waals surface area contributed by atoms with E-state index in [1.54, 1.807) is 6.21 Å². The van der Waals surface area contributed by atoms with Crippen LogP contribution >= 0.6 is 0 Å². The van der Waals surface area contributed by atoms with Gasteiger partial charge >= 0.3 is 0 Å². The molecule has 0 bridgehead atoms. The van der Waals surface area contributed by atoms with E-state index in [0.29, 0.717) is 19.0 Å². The number of nitrogens with one attached hydrogen (secondary N) is 1. The highest BCUT2D eigenvalue weighted by molar-refractivity contribution is 5.89. The van der Waals surface area contributed by atoms with E-state index in [9.17, 15) is 0 Å². The Morgan fingerprint density at radius 1 is 1.50 bits per heavy atom. The molecule has 12 heavy (non-hydrogen) atoms. The van der Waals surface area contributed by atoms with Crippen molar-refractivity contribution in [2.75, 3.05) is 20.3 Å². The lowest BCUT2D eigenvalue weighted by molar-refractivity contribution is 0.837. The summed E-state index contributed by atoms with van der Waals surface area (Å²) in [4.78, 5) is 11.6. The Bertz CT molecular complexity index is 182. The van der Waals surface area contributed by atoms with Crippen molar-refractivity contribution in [1.82, 2.24) is 5.32 Å². The van der Waals surface area contributed by atoms with Crippen molar-refractivity contribution in [3.63, 3.8) is 0 Å². The van der Waals surface area contributed by atoms with Gasteiger partial charge in [0.15, 0.2) is 0 Å². The number of aliphatic imine (C=N–C) groups is 3. The van der Waals surface area contributed by atoms with Gasteiger partial charge in [-0.3, -0.25) is 9.98 Å². The number of amidine groups is 1. The summed E-state index contributed by atoms with van der Waals surface area (Å²) in [6.07, 6.45) is 3.12. The first-order valence-electron chi connectivity index (χ1n) is 3.70. The smallest absolute Gasteiger partial charge is 0.122 e. The van der Waals surface area contributed by atoms with Crippen LogP contribution in [-0.2, 0) is 0 Å². The monoisotopic (exact) mass is 169 g/mol. The van der Waals surface area contributed by atoms with Crippen LogP contribution in [0.1, 0.15) is 6.92 Å². The third-order valence-corrected chi connectivity index (χ3v) is 0.990. The quantitative estimate of drug-likeness (QED) is 0.435. The molecule has 0 radical (unpaired) electrons. The average Bonchev–Trinajstić information content (AvgIpc) is 2.09. The minimum atomic E-state index is 0.433. The fraction of sp³-hybridized carbons (Fsp3) is 0.571. The summed E-state index contributed by atoms with van der Waals surface area (Å²) in [6, 6.07) is 0. The standard InChI is InChI=1S/C7H15N5/c1-3-10-4-7(8)12-6-11-5-9-2/h3,6,9H,4-5H2,1-2H3,(H2,8,11,12). The van der Waals surface area contributed by atoms with E-state index in [2.05, 4.69) is 20.3 Å². The van der Waals surface area contributed by atoms with Crippen LogP contribution in [0.2, 0.25) is 0 Å². The summed E-state index contributed by atoms with van der Waals surface area (Å²) in [7, 11) is 1.81. The molecular weight excluding hydrogens is 154 g/mol. The molecule has 0 aliphatic heterocycles. The average molecular weight is 169 g/mol. The molecule has 68 valence electrons. The Morgan fingerprint density at radius 2 is 2.25 bits per heavy atom. The molecule has 0 aliphatic rings. The van der Waals surface area contributed by atoms with E-state index in [4.69, 9.17) is 5.73 Å². The minimum Gasteiger partial charge on any atom is -0.386 e. The summed E-state index contributed by atoms with van der Waals surface area (Å²) in [5, 5.41) is 2.85. The molecule has 5 nitrogen and oxygen atoms in total. The lowest BCUT2D eigenvalue weighted by atomic mass is 10.6. The lowest BCUT2D eigenvalue weighted by Crippen LogP contribution is -2.15. The molecule has 0 rings (SSSR count). The maximum absolute atomic E-state index is 5.47. The molecule has 0 atom stereocenters. The van der Waals surface area contributed by atoms with Gasteiger partial charge in [0.25, 0.3) is 0 Å². The number of hydrogen-bond donors (Lipinski definition) is 2. The predicted octanol–water partition coefficient (Wildman–Crippen LogP) is -0.360. The van der Waals surface area contributed by atoms with Crippen LogP contribution in [0.15, 0.2) is 15.0 Å². The van der Waals surface area contributed by atoms with Crippen molar-refractivity contribution in [2.45, 2.75) is 6.92 Å². The Morgan fingerprint density at radius 3 is 2.83 bits per heavy atom. The zero-order valence-electron chi connectivity index (χ0n) is 7.49. The summed E-state index contributed by atoms with van der Waals surface area (Å²) in [6.45, 7) is 2.82. The van der Waals surface area contributed by atoms with Crippen molar-refractivity contribution in [3.8, 4) is 0 Å². The zero-order chi connectivity index (χ0) is 9.23. The first-order chi connectivity index (χ1) is 5.81. The Labute approximate surface area is 72.5 Å². The zero-order valence-corrected chi connectivity index (χ0v) is 7.49. The van der Waals surface area contributed by atoms with E-state index in [-0.39, 0.29) is 0 Å². The van der Waals surface area contributed by atoms with E-state index in [1.165, 1.54) is 6.34 Å². The van der Waals surface area contributed by atoms with E-state index in [0.717, 1.165) is 0 Å². The molecule has 3 N–H and O–H groups in total. The van der Waals surface area contributed by atoms with Crippen LogP contribution in [0.25, 0.3) is 0 Å². The molecule has 0 aromatic carbocycles. The first kappa shape index (κ1) is 10.8. The van der Waals surface area contributed by atoms with Crippen LogP contribution in [-0.4, -0.2) is 38.6 Å². The van der Waals surface area contributed by atoms with Crippen LogP contribution < -0.4 is 11.1 Å². The molecule has 0 aromatic rings. The van der Waals surface area contributed by atoms with Gasteiger partial charge in [-0.25, -0.2) is 4.99 Å². The second-order valence-electron chi connectivity index (χ2n) is 2.03. The topological polar surface area (TPSA) is 75.1 Å². The molecule has 0 unspecified atom stereocenters. The van der Waals surface area contributed by atoms with E-state index in [1.807, 2.05) is 14.0 Å². The number of nitrogens with zero attached hydrogens (tertiary/aromatic N) is 3. The van der Waals surface area contributed by atoms with Crippen LogP contribution in [0.3, 0.4) is 0 Å². The van der Waals surface area contributed by atoms with Crippen molar-refractivity contribution < 1.29 is 0 Å². The van der Waals surface area contributed by atoms with Gasteiger partial charge in [0.2, 0.25) is 0 Å². The van der Waals surface area contributed by atoms with Gasteiger partial charge in [-0.1, -0.05) is 0 Å². The third-order valence-electron chi connectivity index (χ3n) is 0.990. The molecule has 0 fully saturated rings. The van der Waals surface area contributed by atoms with Crippen LogP contribution in [0.5, 0.6) is 0 Å². The van der Waals surface area contributed by atoms with Gasteiger partial charge < -0.3 is 11.1 Å². The lowest BCUT2D eigenvalue weighted by Gasteiger charge is -1.91. The van der Waals surface area contributed by atoms with Gasteiger partial charge in [-0.2, -0.15) is 0 Å². The van der Waals surface area contributed by atoms with Gasteiger partial charge in [-0.05, 0) is 20.2 Å². The Kier molecular flexibility index (Phi) is 7.07. The molecule has 0 amide bonds. The van der Waals surface area contributed by atoms with E-state index >= 15 is 0 Å². The molecule has 0 saturated heterocycles. The molecule has 0 spiro atoms. The molecule has 5 heteroatoms. The number of rotatable bonds is 5. The van der Waals surface area contributed by atoms with Crippen LogP contribution in [0, 0.1) is 0 Å². The maximum atomic E-state index is 5.47. The Balaban J connectivity index is 3.67. The largest absolute Gasteiger partial charge is 0.386 e. The maximum Gasteiger partial charge on any atom is 0.122 e. The van der Waals surface area contributed by atoms with Gasteiger partial charge in [0, 0.05) is 0 Å². The van der Waals surface area contributed by atoms with Gasteiger partial charge in [0.05, 0.1) is 13.2 Å². The SMILES string of the molecule is CC=NCC(N)=N/C=N\CNC. The van der Waals surface area contributed by atoms with E-state index < -0.39 is 0 Å². The highest BCUT2D eigenvalue weighted by Crippen LogP contribution is 1.71. The highest BCUT2D eigenvalue weighted by Gasteiger charge is 1.83. The number of nitrogens with two attached hydrogens (primary N) is 1. The van der Waals surface area contributed by atoms with Crippen molar-refractivity contribution in [3.05, 3.63) is 0 Å². The summed E-state index contributed by atoms with van der Waals surface area (Å²) < 4.78 is 0. The summed E-state index contributed by atoms with van der Waals surface area (Å²) in [5.74, 6) is 0.466. The third kappa shape index (κ3) is 6.88. The highest BCUT2D eigenvalue weighted by atomic mass is 15.0. The molecular formula is C7H15N5. The van der Waals surface area contributed by atoms with Gasteiger partial charge in [0.1, 0.15) is 12.2 Å². The molecule has 0 aliphatic carbocycles. The van der Waals surface area contributed by atoms with Crippen LogP contribution in [0.4, 0.5) is 0 Å². The first-order valence-corrected chi connectivity index (χ1v) is 3.70. The van der Waals surface area contributed by atoms with Crippen molar-refractivity contribution in [2.24, 2.45) is 20.7 Å². The Hall–Kier alpha value is -1.23. The molecule has 0 saturated carbocycles. The predicted molar refractivity (Wildman–Crippen MR) is 53.1 cm³/mol. The van der Waals surface area contributed by atoms with Crippen molar-refractivity contribution in [1.29, 1.82) is 0 Å². The van der Waals surface area contributed by atoms with Crippen molar-refractivity contribution >= 4 is 18.4 Å². The second-order valence-corrected chi connectivity index (χ2v) is 2.03. The fourth-order valence-electron chi connectivity index (χ4n) is 0.473. The summed E-state index contributed by atoms with van der Waals surface area (Å²) in [5.41, 5.74) is 5.47. The number of hydrogen-bond acceptors (Lipinski definition) is 3.